The van der Waals surface area contributed by atoms with Crippen molar-refractivity contribution in [2.75, 3.05) is 13.2 Å². The highest BCUT2D eigenvalue weighted by molar-refractivity contribution is 5.89. The SMILES string of the molecule is CC1(NC(=O)/C=C/CNC(=O)OCC2c3ccccc3-c3ccccc32)CCCCC1C(=O)O. The molecule has 2 aromatic rings. The molecule has 2 aliphatic rings. The van der Waals surface area contributed by atoms with Crippen LogP contribution in [0.1, 0.15) is 49.7 Å². The number of hydrogen-bond acceptors (Lipinski definition) is 4. The molecular formula is C27H30N2O5. The Morgan fingerprint density at radius 2 is 1.71 bits per heavy atom. The molecule has 0 heterocycles. The second kappa shape index (κ2) is 10.1. The fraction of sp³-hybridized carbons (Fsp3) is 0.370. The lowest BCUT2D eigenvalue weighted by atomic mass is 9.74. The number of rotatable bonds is 7. The average molecular weight is 463 g/mol. The Bertz CT molecular complexity index is 1070. The number of carboxylic acid groups (broad SMARTS) is 1. The normalized spacial score (nSPS) is 21.5. The monoisotopic (exact) mass is 462 g/mol. The number of carbonyl (C=O) groups is 3. The van der Waals surface area contributed by atoms with E-state index >= 15 is 0 Å². The van der Waals surface area contributed by atoms with Gasteiger partial charge in [-0.2, -0.15) is 0 Å². The van der Waals surface area contributed by atoms with Crippen LogP contribution in [-0.2, 0) is 14.3 Å². The van der Waals surface area contributed by atoms with Crippen molar-refractivity contribution in [3.05, 3.63) is 71.8 Å². The van der Waals surface area contributed by atoms with E-state index in [0.29, 0.717) is 12.8 Å². The summed E-state index contributed by atoms with van der Waals surface area (Å²) < 4.78 is 5.47. The molecule has 2 unspecified atom stereocenters. The minimum atomic E-state index is -0.886. The van der Waals surface area contributed by atoms with Gasteiger partial charge in [-0.25, -0.2) is 4.79 Å². The third-order valence-electron chi connectivity index (χ3n) is 6.89. The summed E-state index contributed by atoms with van der Waals surface area (Å²) in [6.45, 7) is 2.13. The van der Waals surface area contributed by atoms with E-state index in [1.807, 2.05) is 24.3 Å². The summed E-state index contributed by atoms with van der Waals surface area (Å²) in [6, 6.07) is 16.3. The van der Waals surface area contributed by atoms with Crippen molar-refractivity contribution in [3.8, 4) is 11.1 Å². The van der Waals surface area contributed by atoms with Crippen molar-refractivity contribution in [2.24, 2.45) is 5.92 Å². The van der Waals surface area contributed by atoms with Crippen LogP contribution in [0.4, 0.5) is 4.79 Å². The largest absolute Gasteiger partial charge is 0.481 e. The molecule has 3 N–H and O–H groups in total. The van der Waals surface area contributed by atoms with Crippen LogP contribution in [0.15, 0.2) is 60.7 Å². The lowest BCUT2D eigenvalue weighted by Crippen LogP contribution is -2.55. The first kappa shape index (κ1) is 23.5. The van der Waals surface area contributed by atoms with E-state index in [4.69, 9.17) is 4.74 Å². The first-order chi connectivity index (χ1) is 16.4. The highest BCUT2D eigenvalue weighted by Gasteiger charge is 2.41. The minimum absolute atomic E-state index is 0.0158. The zero-order valence-electron chi connectivity index (χ0n) is 19.3. The van der Waals surface area contributed by atoms with E-state index in [-0.39, 0.29) is 25.0 Å². The molecule has 1 saturated carbocycles. The Balaban J connectivity index is 1.26. The molecule has 2 aliphatic carbocycles. The predicted molar refractivity (Wildman–Crippen MR) is 128 cm³/mol. The Hall–Kier alpha value is -3.61. The second-order valence-electron chi connectivity index (χ2n) is 9.15. The maximum Gasteiger partial charge on any atom is 0.407 e. The molecule has 7 heteroatoms. The first-order valence-electron chi connectivity index (χ1n) is 11.7. The molecule has 7 nitrogen and oxygen atoms in total. The van der Waals surface area contributed by atoms with Crippen LogP contribution in [0.25, 0.3) is 11.1 Å². The van der Waals surface area contributed by atoms with Gasteiger partial charge in [0, 0.05) is 18.5 Å². The summed E-state index contributed by atoms with van der Waals surface area (Å²) in [4.78, 5) is 36.1. The quantitative estimate of drug-likeness (QED) is 0.534. The molecule has 2 amide bonds. The van der Waals surface area contributed by atoms with Crippen molar-refractivity contribution >= 4 is 18.0 Å². The smallest absolute Gasteiger partial charge is 0.407 e. The van der Waals surface area contributed by atoms with Crippen molar-refractivity contribution in [1.82, 2.24) is 10.6 Å². The Kier molecular flexibility index (Phi) is 7.01. The predicted octanol–water partition coefficient (Wildman–Crippen LogP) is 4.23. The van der Waals surface area contributed by atoms with E-state index in [1.165, 1.54) is 12.2 Å². The average Bonchev–Trinajstić information content (AvgIpc) is 3.14. The van der Waals surface area contributed by atoms with Crippen LogP contribution in [0, 0.1) is 5.92 Å². The van der Waals surface area contributed by atoms with Crippen LogP contribution in [0.3, 0.4) is 0 Å². The fourth-order valence-corrected chi connectivity index (χ4v) is 5.16. The number of hydrogen-bond donors (Lipinski definition) is 3. The molecule has 0 saturated heterocycles. The van der Waals surface area contributed by atoms with E-state index in [9.17, 15) is 19.5 Å². The van der Waals surface area contributed by atoms with Crippen LogP contribution in [0.5, 0.6) is 0 Å². The summed E-state index contributed by atoms with van der Waals surface area (Å²) in [5.74, 6) is -1.87. The molecule has 0 bridgehead atoms. The number of ether oxygens (including phenoxy) is 1. The number of carboxylic acids is 1. The van der Waals surface area contributed by atoms with Crippen molar-refractivity contribution < 1.29 is 24.2 Å². The topological polar surface area (TPSA) is 105 Å². The number of fused-ring (bicyclic) bond motifs is 3. The number of nitrogens with one attached hydrogen (secondary N) is 2. The first-order valence-corrected chi connectivity index (χ1v) is 11.7. The third-order valence-corrected chi connectivity index (χ3v) is 6.89. The Morgan fingerprint density at radius 3 is 2.35 bits per heavy atom. The van der Waals surface area contributed by atoms with Crippen LogP contribution >= 0.6 is 0 Å². The number of benzene rings is 2. The highest BCUT2D eigenvalue weighted by atomic mass is 16.5. The van der Waals surface area contributed by atoms with Gasteiger partial charge in [-0.05, 0) is 42.0 Å². The zero-order valence-corrected chi connectivity index (χ0v) is 19.3. The maximum atomic E-state index is 12.3. The fourth-order valence-electron chi connectivity index (χ4n) is 5.16. The number of amides is 2. The van der Waals surface area contributed by atoms with E-state index in [1.54, 1.807) is 6.92 Å². The molecular weight excluding hydrogens is 432 g/mol. The molecule has 0 spiro atoms. The Morgan fingerprint density at radius 1 is 1.06 bits per heavy atom. The standard InChI is InChI=1S/C27H30N2O5/c1-27(15-7-6-13-23(27)25(31)32)29-24(30)14-8-16-28-26(33)34-17-22-20-11-4-2-9-18(20)19-10-3-5-12-21(19)22/h2-5,8-12,14,22-23H,6-7,13,15-17H2,1H3,(H,28,33)(H,29,30)(H,31,32)/b14-8+. The van der Waals surface area contributed by atoms with E-state index in [2.05, 4.69) is 34.9 Å². The maximum absolute atomic E-state index is 12.3. The van der Waals surface area contributed by atoms with Crippen LogP contribution < -0.4 is 10.6 Å². The molecule has 34 heavy (non-hydrogen) atoms. The number of carbonyl (C=O) groups excluding carboxylic acids is 2. The van der Waals surface area contributed by atoms with Crippen molar-refractivity contribution in [2.45, 2.75) is 44.1 Å². The molecule has 1 fully saturated rings. The molecule has 4 rings (SSSR count). The van der Waals surface area contributed by atoms with Gasteiger partial charge in [0.25, 0.3) is 0 Å². The molecule has 0 aliphatic heterocycles. The van der Waals surface area contributed by atoms with Gasteiger partial charge in [-0.3, -0.25) is 9.59 Å². The van der Waals surface area contributed by atoms with Gasteiger partial charge in [-0.15, -0.1) is 0 Å². The molecule has 178 valence electrons. The summed E-state index contributed by atoms with van der Waals surface area (Å²) in [6.07, 6.45) is 5.20. The Labute approximate surface area is 199 Å². The highest BCUT2D eigenvalue weighted by Crippen LogP contribution is 2.44. The summed E-state index contributed by atoms with van der Waals surface area (Å²) in [7, 11) is 0. The summed E-state index contributed by atoms with van der Waals surface area (Å²) in [5.41, 5.74) is 3.84. The van der Waals surface area contributed by atoms with Gasteiger partial charge in [0.15, 0.2) is 0 Å². The number of aliphatic carboxylic acids is 1. The van der Waals surface area contributed by atoms with Gasteiger partial charge in [0.05, 0.1) is 11.5 Å². The molecule has 2 atom stereocenters. The van der Waals surface area contributed by atoms with Crippen molar-refractivity contribution in [1.29, 1.82) is 0 Å². The number of alkyl carbamates (subject to hydrolysis) is 1. The minimum Gasteiger partial charge on any atom is -0.481 e. The lowest BCUT2D eigenvalue weighted by Gasteiger charge is -2.39. The molecule has 0 aromatic heterocycles. The van der Waals surface area contributed by atoms with Gasteiger partial charge < -0.3 is 20.5 Å². The van der Waals surface area contributed by atoms with Gasteiger partial charge in [0.2, 0.25) is 5.91 Å². The van der Waals surface area contributed by atoms with E-state index < -0.39 is 23.5 Å². The van der Waals surface area contributed by atoms with Gasteiger partial charge in [-0.1, -0.05) is 67.4 Å². The second-order valence-corrected chi connectivity index (χ2v) is 9.15. The summed E-state index contributed by atoms with van der Waals surface area (Å²) >= 11 is 0. The van der Waals surface area contributed by atoms with Gasteiger partial charge in [0.1, 0.15) is 6.61 Å². The van der Waals surface area contributed by atoms with E-state index in [0.717, 1.165) is 35.1 Å². The zero-order chi connectivity index (χ0) is 24.1. The molecule has 0 radical (unpaired) electrons. The molecule has 2 aromatic carbocycles. The summed E-state index contributed by atoms with van der Waals surface area (Å²) in [5, 5.41) is 14.9. The van der Waals surface area contributed by atoms with Crippen LogP contribution in [-0.4, -0.2) is 41.8 Å². The van der Waals surface area contributed by atoms with Crippen LogP contribution in [0.2, 0.25) is 0 Å². The van der Waals surface area contributed by atoms with Crippen molar-refractivity contribution in [3.63, 3.8) is 0 Å². The third kappa shape index (κ3) is 4.98. The van der Waals surface area contributed by atoms with Gasteiger partial charge >= 0.3 is 12.1 Å². The lowest BCUT2D eigenvalue weighted by molar-refractivity contribution is -0.146.